The number of aromatic nitrogens is 3. The first-order chi connectivity index (χ1) is 13.0. The molecular weight excluding hydrogens is 342 g/mol. The third-order valence-corrected chi connectivity index (χ3v) is 5.01. The Balaban J connectivity index is 1.61. The van der Waals surface area contributed by atoms with Crippen LogP contribution in [0.1, 0.15) is 29.0 Å². The molecule has 1 atom stereocenters. The predicted molar refractivity (Wildman–Crippen MR) is 102 cm³/mol. The van der Waals surface area contributed by atoms with Gasteiger partial charge in [-0.15, -0.1) is 0 Å². The third kappa shape index (κ3) is 3.40. The maximum Gasteiger partial charge on any atom is 0.253 e. The lowest BCUT2D eigenvalue weighted by Gasteiger charge is -2.31. The molecule has 0 radical (unpaired) electrons. The Kier molecular flexibility index (Phi) is 4.35. The van der Waals surface area contributed by atoms with Gasteiger partial charge >= 0.3 is 0 Å². The summed E-state index contributed by atoms with van der Waals surface area (Å²) in [5.41, 5.74) is 9.38. The van der Waals surface area contributed by atoms with Gasteiger partial charge in [0.2, 0.25) is 5.91 Å². The molecule has 2 amide bonds. The standard InChI is InChI=1S/C20H21N5O2/c1-12-23-17-9-16(10-22-19(17)24-12)13-4-2-5-14(8-13)20(27)25-7-3-6-15(11-25)18(21)26/h2,4-5,8-10,15H,3,6-7,11H2,1H3,(H2,21,26)(H,22,23,24)/t15-/m1/s1. The Morgan fingerprint density at radius 1 is 1.26 bits per heavy atom. The van der Waals surface area contributed by atoms with Crippen LogP contribution in [0, 0.1) is 12.8 Å². The average molecular weight is 363 g/mol. The molecule has 7 nitrogen and oxygen atoms in total. The molecule has 3 N–H and O–H groups in total. The van der Waals surface area contributed by atoms with Crippen molar-refractivity contribution in [1.82, 2.24) is 19.9 Å². The fourth-order valence-corrected chi connectivity index (χ4v) is 3.59. The summed E-state index contributed by atoms with van der Waals surface area (Å²) >= 11 is 0. The van der Waals surface area contributed by atoms with E-state index < -0.39 is 0 Å². The van der Waals surface area contributed by atoms with Crippen molar-refractivity contribution in [2.75, 3.05) is 13.1 Å². The number of rotatable bonds is 3. The number of H-pyrrole nitrogens is 1. The first kappa shape index (κ1) is 17.2. The van der Waals surface area contributed by atoms with Crippen LogP contribution in [0.2, 0.25) is 0 Å². The van der Waals surface area contributed by atoms with E-state index in [0.717, 1.165) is 35.3 Å². The van der Waals surface area contributed by atoms with E-state index in [-0.39, 0.29) is 17.7 Å². The number of nitrogens with zero attached hydrogens (tertiary/aromatic N) is 3. The van der Waals surface area contributed by atoms with Crippen molar-refractivity contribution >= 4 is 23.0 Å². The number of imidazole rings is 1. The third-order valence-electron chi connectivity index (χ3n) is 5.01. The second kappa shape index (κ2) is 6.83. The number of aromatic amines is 1. The number of nitrogens with two attached hydrogens (primary N) is 1. The fraction of sp³-hybridized carbons (Fsp3) is 0.300. The van der Waals surface area contributed by atoms with Crippen molar-refractivity contribution < 1.29 is 9.59 Å². The Hall–Kier alpha value is -3.22. The van der Waals surface area contributed by atoms with E-state index >= 15 is 0 Å². The molecule has 2 aromatic heterocycles. The summed E-state index contributed by atoms with van der Waals surface area (Å²) in [7, 11) is 0. The molecule has 7 heteroatoms. The number of amides is 2. The zero-order valence-electron chi connectivity index (χ0n) is 15.1. The molecule has 1 fully saturated rings. The summed E-state index contributed by atoms with van der Waals surface area (Å²) in [5, 5.41) is 0. The first-order valence-electron chi connectivity index (χ1n) is 9.02. The maximum atomic E-state index is 12.9. The molecule has 0 saturated carbocycles. The summed E-state index contributed by atoms with van der Waals surface area (Å²) < 4.78 is 0. The van der Waals surface area contributed by atoms with E-state index in [1.54, 1.807) is 17.2 Å². The van der Waals surface area contributed by atoms with Crippen molar-refractivity contribution in [3.05, 3.63) is 47.9 Å². The van der Waals surface area contributed by atoms with Gasteiger partial charge in [-0.2, -0.15) is 0 Å². The summed E-state index contributed by atoms with van der Waals surface area (Å²) in [5.74, 6) is 0.137. The van der Waals surface area contributed by atoms with Crippen molar-refractivity contribution in [3.63, 3.8) is 0 Å². The van der Waals surface area contributed by atoms with E-state index in [9.17, 15) is 9.59 Å². The van der Waals surface area contributed by atoms with Crippen LogP contribution < -0.4 is 5.73 Å². The van der Waals surface area contributed by atoms with Crippen molar-refractivity contribution in [3.8, 4) is 11.1 Å². The second-order valence-corrected chi connectivity index (χ2v) is 6.99. The number of primary amides is 1. The molecule has 0 bridgehead atoms. The van der Waals surface area contributed by atoms with Crippen LogP contribution in [0.25, 0.3) is 22.3 Å². The summed E-state index contributed by atoms with van der Waals surface area (Å²) in [6.45, 7) is 2.92. The number of hydrogen-bond donors (Lipinski definition) is 2. The Morgan fingerprint density at radius 3 is 2.93 bits per heavy atom. The van der Waals surface area contributed by atoms with Crippen molar-refractivity contribution in [2.45, 2.75) is 19.8 Å². The minimum absolute atomic E-state index is 0.0748. The summed E-state index contributed by atoms with van der Waals surface area (Å²) in [6.07, 6.45) is 3.30. The molecule has 4 rings (SSSR count). The summed E-state index contributed by atoms with van der Waals surface area (Å²) in [4.78, 5) is 38.0. The Bertz CT molecular complexity index is 1030. The highest BCUT2D eigenvalue weighted by Gasteiger charge is 2.27. The topological polar surface area (TPSA) is 105 Å². The van der Waals surface area contributed by atoms with Gasteiger partial charge in [0.1, 0.15) is 5.82 Å². The monoisotopic (exact) mass is 363 g/mol. The zero-order chi connectivity index (χ0) is 19.0. The van der Waals surface area contributed by atoms with Crippen LogP contribution in [0.4, 0.5) is 0 Å². The molecule has 0 aliphatic carbocycles. The molecule has 27 heavy (non-hydrogen) atoms. The van der Waals surface area contributed by atoms with Gasteiger partial charge in [0.25, 0.3) is 5.91 Å². The van der Waals surface area contributed by atoms with E-state index in [1.807, 2.05) is 31.2 Å². The number of benzene rings is 1. The van der Waals surface area contributed by atoms with Crippen LogP contribution in [-0.2, 0) is 4.79 Å². The Morgan fingerprint density at radius 2 is 2.11 bits per heavy atom. The predicted octanol–water partition coefficient (Wildman–Crippen LogP) is 2.27. The van der Waals surface area contributed by atoms with Crippen molar-refractivity contribution in [2.24, 2.45) is 11.7 Å². The number of carbonyl (C=O) groups is 2. The number of likely N-dealkylation sites (tertiary alicyclic amines) is 1. The molecule has 1 saturated heterocycles. The highest BCUT2D eigenvalue weighted by molar-refractivity contribution is 5.96. The minimum atomic E-state index is -0.338. The molecular formula is C20H21N5O2. The average Bonchev–Trinajstić information content (AvgIpc) is 3.06. The highest BCUT2D eigenvalue weighted by Crippen LogP contribution is 2.24. The number of carbonyl (C=O) groups excluding carboxylic acids is 2. The van der Waals surface area contributed by atoms with E-state index in [0.29, 0.717) is 24.3 Å². The molecule has 1 aliphatic heterocycles. The van der Waals surface area contributed by atoms with Gasteiger partial charge in [-0.3, -0.25) is 9.59 Å². The molecule has 0 unspecified atom stereocenters. The molecule has 138 valence electrons. The van der Waals surface area contributed by atoms with Gasteiger partial charge in [-0.25, -0.2) is 9.97 Å². The molecule has 3 heterocycles. The number of aryl methyl sites for hydroxylation is 1. The van der Waals surface area contributed by atoms with Crippen LogP contribution in [0.5, 0.6) is 0 Å². The number of hydrogen-bond acceptors (Lipinski definition) is 4. The van der Waals surface area contributed by atoms with E-state index in [2.05, 4.69) is 15.0 Å². The maximum absolute atomic E-state index is 12.9. The number of fused-ring (bicyclic) bond motifs is 1. The van der Waals surface area contributed by atoms with E-state index in [4.69, 9.17) is 5.73 Å². The second-order valence-electron chi connectivity index (χ2n) is 6.99. The highest BCUT2D eigenvalue weighted by atomic mass is 16.2. The first-order valence-corrected chi connectivity index (χ1v) is 9.02. The van der Waals surface area contributed by atoms with E-state index in [1.165, 1.54) is 0 Å². The number of pyridine rings is 1. The van der Waals surface area contributed by atoms with Gasteiger partial charge in [0, 0.05) is 30.4 Å². The smallest absolute Gasteiger partial charge is 0.253 e. The Labute approximate surface area is 156 Å². The number of nitrogens with one attached hydrogen (secondary N) is 1. The molecule has 1 aromatic carbocycles. The van der Waals surface area contributed by atoms with Crippen molar-refractivity contribution in [1.29, 1.82) is 0 Å². The van der Waals surface area contributed by atoms with Gasteiger partial charge < -0.3 is 15.6 Å². The van der Waals surface area contributed by atoms with Crippen LogP contribution in [0.15, 0.2) is 36.5 Å². The fourth-order valence-electron chi connectivity index (χ4n) is 3.59. The SMILES string of the molecule is Cc1nc2ncc(-c3cccc(C(=O)N4CCC[C@@H](C(N)=O)C4)c3)cc2[nH]1. The lowest BCUT2D eigenvalue weighted by molar-refractivity contribution is -0.123. The van der Waals surface area contributed by atoms with Crippen LogP contribution in [-0.4, -0.2) is 44.8 Å². The quantitative estimate of drug-likeness (QED) is 0.744. The largest absolute Gasteiger partial charge is 0.369 e. The van der Waals surface area contributed by atoms with Gasteiger partial charge in [0.15, 0.2) is 5.65 Å². The zero-order valence-corrected chi connectivity index (χ0v) is 15.1. The van der Waals surface area contributed by atoms with Gasteiger partial charge in [-0.05, 0) is 43.5 Å². The summed E-state index contributed by atoms with van der Waals surface area (Å²) in [6, 6.07) is 9.45. The number of piperidine rings is 1. The normalized spacial score (nSPS) is 17.2. The lowest BCUT2D eigenvalue weighted by atomic mass is 9.96. The van der Waals surface area contributed by atoms with Crippen LogP contribution in [0.3, 0.4) is 0 Å². The molecule has 0 spiro atoms. The lowest BCUT2D eigenvalue weighted by Crippen LogP contribution is -2.44. The van der Waals surface area contributed by atoms with Gasteiger partial charge in [0.05, 0.1) is 11.4 Å². The molecule has 1 aliphatic rings. The van der Waals surface area contributed by atoms with Crippen LogP contribution >= 0.6 is 0 Å². The minimum Gasteiger partial charge on any atom is -0.369 e. The van der Waals surface area contributed by atoms with Gasteiger partial charge in [-0.1, -0.05) is 12.1 Å². The molecule has 3 aromatic rings.